The first-order chi connectivity index (χ1) is 9.70. The monoisotopic (exact) mass is 276 g/mol. The number of nitrogens with one attached hydrogen (secondary N) is 1. The van der Waals surface area contributed by atoms with Crippen molar-refractivity contribution in [3.63, 3.8) is 0 Å². The Morgan fingerprint density at radius 2 is 2.30 bits per heavy atom. The van der Waals surface area contributed by atoms with Crippen molar-refractivity contribution in [3.05, 3.63) is 30.2 Å². The molecule has 0 saturated carbocycles. The van der Waals surface area contributed by atoms with Crippen molar-refractivity contribution in [1.82, 2.24) is 24.7 Å². The molecule has 0 fully saturated rings. The van der Waals surface area contributed by atoms with E-state index in [1.54, 1.807) is 19.6 Å². The predicted octanol–water partition coefficient (Wildman–Crippen LogP) is 1.59. The fourth-order valence-electron chi connectivity index (χ4n) is 1.97. The van der Waals surface area contributed by atoms with Crippen LogP contribution in [0.1, 0.15) is 31.0 Å². The zero-order valence-corrected chi connectivity index (χ0v) is 12.1. The van der Waals surface area contributed by atoms with E-state index in [1.807, 2.05) is 24.5 Å². The molecule has 0 bridgehead atoms. The summed E-state index contributed by atoms with van der Waals surface area (Å²) in [7, 11) is 1.70. The molecule has 108 valence electrons. The molecule has 1 atom stereocenters. The molecule has 2 aromatic rings. The van der Waals surface area contributed by atoms with Gasteiger partial charge < -0.3 is 14.6 Å². The fraction of sp³-hybridized carbons (Fsp3) is 0.538. The van der Waals surface area contributed by atoms with Crippen LogP contribution in [0.15, 0.2) is 18.6 Å². The molecule has 0 aliphatic rings. The molecule has 20 heavy (non-hydrogen) atoms. The number of hydrogen-bond donors (Lipinski definition) is 1. The smallest absolute Gasteiger partial charge is 0.155 e. The number of ether oxygens (including phenoxy) is 1. The average Bonchev–Trinajstić information content (AvgIpc) is 2.87. The van der Waals surface area contributed by atoms with Gasteiger partial charge in [0.25, 0.3) is 0 Å². The van der Waals surface area contributed by atoms with Gasteiger partial charge in [-0.1, -0.05) is 0 Å². The lowest BCUT2D eigenvalue weighted by Crippen LogP contribution is -2.15. The van der Waals surface area contributed by atoms with Gasteiger partial charge in [0.1, 0.15) is 18.0 Å². The standard InChI is InChI=1S/C13H20N6O/c1-10(16-12-5-6-14-11(2)17-12)13-18-15-9-19(13)7-4-8-20-3/h5-6,9-10H,4,7-8H2,1-3H3,(H,14,16,17). The molecule has 0 aromatic carbocycles. The first kappa shape index (κ1) is 14.4. The number of anilines is 1. The molecule has 2 aromatic heterocycles. The molecule has 7 nitrogen and oxygen atoms in total. The molecule has 2 rings (SSSR count). The summed E-state index contributed by atoms with van der Waals surface area (Å²) in [5, 5.41) is 11.5. The summed E-state index contributed by atoms with van der Waals surface area (Å²) in [6, 6.07) is 1.86. The van der Waals surface area contributed by atoms with E-state index in [2.05, 4.69) is 25.5 Å². The van der Waals surface area contributed by atoms with Crippen LogP contribution in [-0.2, 0) is 11.3 Å². The van der Waals surface area contributed by atoms with Crippen molar-refractivity contribution in [2.45, 2.75) is 32.9 Å². The van der Waals surface area contributed by atoms with Gasteiger partial charge in [-0.25, -0.2) is 9.97 Å². The second-order valence-corrected chi connectivity index (χ2v) is 4.58. The van der Waals surface area contributed by atoms with Crippen LogP contribution in [0.4, 0.5) is 5.82 Å². The summed E-state index contributed by atoms with van der Waals surface area (Å²) in [5.74, 6) is 2.41. The highest BCUT2D eigenvalue weighted by atomic mass is 16.5. The molecule has 1 unspecified atom stereocenters. The van der Waals surface area contributed by atoms with Crippen LogP contribution in [0.5, 0.6) is 0 Å². The molecule has 1 N–H and O–H groups in total. The quantitative estimate of drug-likeness (QED) is 0.774. The van der Waals surface area contributed by atoms with Crippen molar-refractivity contribution in [2.24, 2.45) is 0 Å². The Labute approximate surface area is 118 Å². The van der Waals surface area contributed by atoms with Crippen LogP contribution in [0.25, 0.3) is 0 Å². The first-order valence-electron chi connectivity index (χ1n) is 6.63. The second-order valence-electron chi connectivity index (χ2n) is 4.58. The molecule has 0 spiro atoms. The fourth-order valence-corrected chi connectivity index (χ4v) is 1.97. The molecule has 0 radical (unpaired) electrons. The third-order valence-electron chi connectivity index (χ3n) is 2.92. The van der Waals surface area contributed by atoms with E-state index in [0.29, 0.717) is 0 Å². The van der Waals surface area contributed by atoms with Crippen LogP contribution in [-0.4, -0.2) is 38.4 Å². The van der Waals surface area contributed by atoms with Crippen LogP contribution in [0.3, 0.4) is 0 Å². The Hall–Kier alpha value is -2.02. The molecular formula is C13H20N6O. The number of methoxy groups -OCH3 is 1. The number of aryl methyl sites for hydroxylation is 2. The van der Waals surface area contributed by atoms with E-state index in [1.165, 1.54) is 0 Å². The Morgan fingerprint density at radius 3 is 3.05 bits per heavy atom. The van der Waals surface area contributed by atoms with Gasteiger partial charge in [-0.15, -0.1) is 10.2 Å². The van der Waals surface area contributed by atoms with Crippen LogP contribution >= 0.6 is 0 Å². The van der Waals surface area contributed by atoms with Crippen molar-refractivity contribution in [2.75, 3.05) is 19.0 Å². The highest BCUT2D eigenvalue weighted by Crippen LogP contribution is 2.15. The minimum absolute atomic E-state index is 0.0225. The van der Waals surface area contributed by atoms with Gasteiger partial charge in [0.05, 0.1) is 6.04 Å². The second kappa shape index (κ2) is 6.95. The van der Waals surface area contributed by atoms with Crippen molar-refractivity contribution in [3.8, 4) is 0 Å². The lowest BCUT2D eigenvalue weighted by atomic mass is 10.3. The minimum atomic E-state index is 0.0225. The summed E-state index contributed by atoms with van der Waals surface area (Å²) in [4.78, 5) is 8.41. The highest BCUT2D eigenvalue weighted by Gasteiger charge is 2.13. The van der Waals surface area contributed by atoms with Gasteiger partial charge >= 0.3 is 0 Å². The molecular weight excluding hydrogens is 256 g/mol. The highest BCUT2D eigenvalue weighted by molar-refractivity contribution is 5.34. The first-order valence-corrected chi connectivity index (χ1v) is 6.63. The lowest BCUT2D eigenvalue weighted by Gasteiger charge is -2.15. The van der Waals surface area contributed by atoms with Gasteiger partial charge in [0.2, 0.25) is 0 Å². The number of nitrogens with zero attached hydrogens (tertiary/aromatic N) is 5. The Morgan fingerprint density at radius 1 is 1.45 bits per heavy atom. The maximum absolute atomic E-state index is 5.06. The third-order valence-corrected chi connectivity index (χ3v) is 2.92. The predicted molar refractivity (Wildman–Crippen MR) is 75.3 cm³/mol. The third kappa shape index (κ3) is 3.74. The summed E-state index contributed by atoms with van der Waals surface area (Å²) < 4.78 is 7.10. The van der Waals surface area contributed by atoms with Gasteiger partial charge in [-0.05, 0) is 26.3 Å². The van der Waals surface area contributed by atoms with E-state index >= 15 is 0 Å². The van der Waals surface area contributed by atoms with Crippen molar-refractivity contribution < 1.29 is 4.74 Å². The topological polar surface area (TPSA) is 77.8 Å². The van der Waals surface area contributed by atoms with E-state index in [0.717, 1.165) is 37.0 Å². The summed E-state index contributed by atoms with van der Waals surface area (Å²) >= 11 is 0. The maximum atomic E-state index is 5.06. The van der Waals surface area contributed by atoms with Gasteiger partial charge in [-0.3, -0.25) is 0 Å². The van der Waals surface area contributed by atoms with Crippen LogP contribution in [0, 0.1) is 6.92 Å². The van der Waals surface area contributed by atoms with Gasteiger partial charge in [0, 0.05) is 26.5 Å². The summed E-state index contributed by atoms with van der Waals surface area (Å²) in [5.41, 5.74) is 0. The zero-order chi connectivity index (χ0) is 14.4. The van der Waals surface area contributed by atoms with Crippen LogP contribution < -0.4 is 5.32 Å². The molecule has 0 saturated heterocycles. The SMILES string of the molecule is COCCCn1cnnc1C(C)Nc1ccnc(C)n1. The largest absolute Gasteiger partial charge is 0.385 e. The van der Waals surface area contributed by atoms with Gasteiger partial charge in [0.15, 0.2) is 5.82 Å². The minimum Gasteiger partial charge on any atom is -0.385 e. The Kier molecular flexibility index (Phi) is 5.00. The Balaban J connectivity index is 2.02. The van der Waals surface area contributed by atoms with E-state index in [9.17, 15) is 0 Å². The van der Waals surface area contributed by atoms with Gasteiger partial charge in [-0.2, -0.15) is 0 Å². The number of aromatic nitrogens is 5. The van der Waals surface area contributed by atoms with E-state index < -0.39 is 0 Å². The lowest BCUT2D eigenvalue weighted by molar-refractivity contribution is 0.190. The molecule has 0 aliphatic carbocycles. The maximum Gasteiger partial charge on any atom is 0.155 e. The number of hydrogen-bond acceptors (Lipinski definition) is 6. The van der Waals surface area contributed by atoms with Crippen molar-refractivity contribution >= 4 is 5.82 Å². The Bertz CT molecular complexity index is 541. The summed E-state index contributed by atoms with van der Waals surface area (Å²) in [6.07, 6.45) is 4.41. The zero-order valence-electron chi connectivity index (χ0n) is 12.1. The normalized spacial score (nSPS) is 12.3. The summed E-state index contributed by atoms with van der Waals surface area (Å²) in [6.45, 7) is 5.47. The molecule has 0 aliphatic heterocycles. The van der Waals surface area contributed by atoms with Crippen molar-refractivity contribution in [1.29, 1.82) is 0 Å². The molecule has 0 amide bonds. The molecule has 2 heterocycles. The van der Waals surface area contributed by atoms with E-state index in [-0.39, 0.29) is 6.04 Å². The average molecular weight is 276 g/mol. The van der Waals surface area contributed by atoms with E-state index in [4.69, 9.17) is 4.74 Å². The number of rotatable bonds is 7. The van der Waals surface area contributed by atoms with Crippen LogP contribution in [0.2, 0.25) is 0 Å². The molecule has 7 heteroatoms.